The van der Waals surface area contributed by atoms with E-state index in [1.165, 1.54) is 23.1 Å². The fourth-order valence-corrected chi connectivity index (χ4v) is 3.71. The van der Waals surface area contributed by atoms with Crippen molar-refractivity contribution in [3.05, 3.63) is 29.3 Å². The maximum atomic E-state index is 12.2. The molecule has 2 aromatic rings. The van der Waals surface area contributed by atoms with Crippen LogP contribution >= 0.6 is 34.7 Å². The first-order valence-electron chi connectivity index (χ1n) is 7.25. The van der Waals surface area contributed by atoms with Gasteiger partial charge in [0.2, 0.25) is 11.0 Å². The van der Waals surface area contributed by atoms with Gasteiger partial charge in [0.15, 0.2) is 4.34 Å². The first kappa shape index (κ1) is 18.0. The monoisotopic (exact) mass is 370 g/mol. The molecule has 1 aromatic heterocycles. The summed E-state index contributed by atoms with van der Waals surface area (Å²) in [7, 11) is 0. The minimum absolute atomic E-state index is 0.116. The zero-order valence-electron chi connectivity index (χ0n) is 13.2. The normalized spacial score (nSPS) is 12.2. The number of thioether (sulfide) groups is 1. The average Bonchev–Trinajstić information content (AvgIpc) is 2.95. The molecule has 0 saturated carbocycles. The number of amides is 1. The van der Waals surface area contributed by atoms with Crippen LogP contribution in [0.5, 0.6) is 0 Å². The Kier molecular flexibility index (Phi) is 6.68. The number of aromatic nitrogens is 2. The predicted molar refractivity (Wildman–Crippen MR) is 98.6 cm³/mol. The number of benzene rings is 1. The quantitative estimate of drug-likeness (QED) is 0.708. The number of para-hydroxylation sites is 1. The van der Waals surface area contributed by atoms with Gasteiger partial charge in [-0.15, -0.1) is 10.2 Å². The summed E-state index contributed by atoms with van der Waals surface area (Å²) >= 11 is 8.88. The van der Waals surface area contributed by atoms with E-state index in [9.17, 15) is 4.79 Å². The second kappa shape index (κ2) is 8.52. The van der Waals surface area contributed by atoms with E-state index in [2.05, 4.69) is 34.7 Å². The molecule has 124 valence electrons. The lowest BCUT2D eigenvalue weighted by Gasteiger charge is -2.11. The highest BCUT2D eigenvalue weighted by Crippen LogP contribution is 2.30. The molecule has 2 N–H and O–H groups in total. The van der Waals surface area contributed by atoms with Gasteiger partial charge in [-0.05, 0) is 25.0 Å². The second-order valence-electron chi connectivity index (χ2n) is 5.38. The van der Waals surface area contributed by atoms with Crippen LogP contribution in [-0.4, -0.2) is 27.9 Å². The number of carbonyl (C=O) groups is 1. The van der Waals surface area contributed by atoms with Crippen molar-refractivity contribution < 1.29 is 4.79 Å². The van der Waals surface area contributed by atoms with Crippen LogP contribution in [0.25, 0.3) is 0 Å². The Morgan fingerprint density at radius 2 is 2.04 bits per heavy atom. The minimum atomic E-state index is -0.294. The van der Waals surface area contributed by atoms with Crippen molar-refractivity contribution >= 4 is 51.4 Å². The number of hydrogen-bond acceptors (Lipinski definition) is 6. The van der Waals surface area contributed by atoms with Gasteiger partial charge < -0.3 is 10.6 Å². The topological polar surface area (TPSA) is 66.9 Å². The Morgan fingerprint density at radius 3 is 2.74 bits per heavy atom. The fraction of sp³-hybridized carbons (Fsp3) is 0.400. The fourth-order valence-electron chi connectivity index (χ4n) is 1.62. The van der Waals surface area contributed by atoms with E-state index in [0.29, 0.717) is 16.6 Å². The van der Waals surface area contributed by atoms with Crippen LogP contribution < -0.4 is 10.6 Å². The number of rotatable bonds is 7. The van der Waals surface area contributed by atoms with Crippen LogP contribution in [0.4, 0.5) is 10.8 Å². The molecular weight excluding hydrogens is 352 g/mol. The molecule has 0 aliphatic carbocycles. The molecule has 1 amide bonds. The van der Waals surface area contributed by atoms with Gasteiger partial charge in [-0.3, -0.25) is 4.79 Å². The number of carbonyl (C=O) groups excluding carboxylic acids is 1. The van der Waals surface area contributed by atoms with Gasteiger partial charge >= 0.3 is 0 Å². The van der Waals surface area contributed by atoms with Crippen LogP contribution in [0.3, 0.4) is 0 Å². The molecule has 23 heavy (non-hydrogen) atoms. The van der Waals surface area contributed by atoms with Crippen molar-refractivity contribution in [3.63, 3.8) is 0 Å². The summed E-state index contributed by atoms with van der Waals surface area (Å²) in [5.74, 6) is 0.422. The molecule has 0 radical (unpaired) electrons. The number of anilines is 2. The average molecular weight is 371 g/mol. The van der Waals surface area contributed by atoms with E-state index in [-0.39, 0.29) is 11.2 Å². The van der Waals surface area contributed by atoms with Crippen LogP contribution in [0, 0.1) is 5.92 Å². The molecule has 1 heterocycles. The first-order valence-corrected chi connectivity index (χ1v) is 9.32. The molecule has 1 atom stereocenters. The smallest absolute Gasteiger partial charge is 0.237 e. The Labute approximate surface area is 149 Å². The SMILES string of the molecule is CC(C)CNc1nnc(SC(C)C(=O)Nc2ccccc2Cl)s1. The lowest BCUT2D eigenvalue weighted by Crippen LogP contribution is -2.22. The van der Waals surface area contributed by atoms with E-state index in [0.717, 1.165) is 16.0 Å². The Morgan fingerprint density at radius 1 is 1.30 bits per heavy atom. The van der Waals surface area contributed by atoms with E-state index in [1.807, 2.05) is 19.1 Å². The number of hydrogen-bond donors (Lipinski definition) is 2. The maximum absolute atomic E-state index is 12.2. The third-order valence-corrected chi connectivity index (χ3v) is 5.24. The number of halogens is 1. The summed E-state index contributed by atoms with van der Waals surface area (Å²) in [5.41, 5.74) is 0.614. The molecule has 8 heteroatoms. The van der Waals surface area contributed by atoms with Crippen molar-refractivity contribution in [1.29, 1.82) is 0 Å². The van der Waals surface area contributed by atoms with Gasteiger partial charge in [0, 0.05) is 6.54 Å². The highest BCUT2D eigenvalue weighted by Gasteiger charge is 2.18. The Balaban J connectivity index is 1.90. The lowest BCUT2D eigenvalue weighted by atomic mass is 10.2. The largest absolute Gasteiger partial charge is 0.360 e. The zero-order valence-corrected chi connectivity index (χ0v) is 15.6. The Bertz CT molecular complexity index is 662. The lowest BCUT2D eigenvalue weighted by molar-refractivity contribution is -0.115. The maximum Gasteiger partial charge on any atom is 0.237 e. The summed E-state index contributed by atoms with van der Waals surface area (Å²) in [6.45, 7) is 6.94. The van der Waals surface area contributed by atoms with Gasteiger partial charge in [-0.25, -0.2) is 0 Å². The van der Waals surface area contributed by atoms with E-state index >= 15 is 0 Å². The third-order valence-electron chi connectivity index (χ3n) is 2.85. The number of nitrogens with one attached hydrogen (secondary N) is 2. The van der Waals surface area contributed by atoms with Crippen molar-refractivity contribution in [3.8, 4) is 0 Å². The molecule has 0 bridgehead atoms. The van der Waals surface area contributed by atoms with Gasteiger partial charge in [0.25, 0.3) is 0 Å². The van der Waals surface area contributed by atoms with E-state index < -0.39 is 0 Å². The molecule has 1 unspecified atom stereocenters. The summed E-state index contributed by atoms with van der Waals surface area (Å²) in [6, 6.07) is 7.17. The summed E-state index contributed by atoms with van der Waals surface area (Å²) in [4.78, 5) is 12.2. The zero-order chi connectivity index (χ0) is 16.8. The van der Waals surface area contributed by atoms with E-state index in [1.54, 1.807) is 12.1 Å². The molecule has 0 fully saturated rings. The molecule has 0 saturated heterocycles. The van der Waals surface area contributed by atoms with Crippen LogP contribution in [0.1, 0.15) is 20.8 Å². The molecule has 5 nitrogen and oxygen atoms in total. The molecular formula is C15H19ClN4OS2. The summed E-state index contributed by atoms with van der Waals surface area (Å²) in [5, 5.41) is 15.2. The van der Waals surface area contributed by atoms with Crippen molar-refractivity contribution in [2.45, 2.75) is 30.4 Å². The van der Waals surface area contributed by atoms with Crippen molar-refractivity contribution in [2.24, 2.45) is 5.92 Å². The standard InChI is InChI=1S/C15H19ClN4OS2/c1-9(2)8-17-14-19-20-15(23-14)22-10(3)13(21)18-12-7-5-4-6-11(12)16/h4-7,9-10H,8H2,1-3H3,(H,17,19)(H,18,21). The molecule has 1 aromatic carbocycles. The number of nitrogens with zero attached hydrogens (tertiary/aromatic N) is 2. The minimum Gasteiger partial charge on any atom is -0.360 e. The van der Waals surface area contributed by atoms with Crippen molar-refractivity contribution in [1.82, 2.24) is 10.2 Å². The van der Waals surface area contributed by atoms with Crippen molar-refractivity contribution in [2.75, 3.05) is 17.2 Å². The van der Waals surface area contributed by atoms with Gasteiger partial charge in [0.1, 0.15) is 0 Å². The van der Waals surface area contributed by atoms with Gasteiger partial charge in [-0.2, -0.15) is 0 Å². The highest BCUT2D eigenvalue weighted by molar-refractivity contribution is 8.02. The van der Waals surface area contributed by atoms with Crippen LogP contribution in [0.2, 0.25) is 5.02 Å². The Hall–Kier alpha value is -1.31. The second-order valence-corrected chi connectivity index (χ2v) is 8.35. The summed E-state index contributed by atoms with van der Waals surface area (Å²) in [6.07, 6.45) is 0. The van der Waals surface area contributed by atoms with Crippen LogP contribution in [-0.2, 0) is 4.79 Å². The summed E-state index contributed by atoms with van der Waals surface area (Å²) < 4.78 is 0.762. The first-order chi connectivity index (χ1) is 11.0. The molecule has 0 aliphatic heterocycles. The molecule has 2 rings (SSSR count). The molecule has 0 aliphatic rings. The predicted octanol–water partition coefficient (Wildman–Crippen LogP) is 4.38. The van der Waals surface area contributed by atoms with Gasteiger partial charge in [0.05, 0.1) is 16.0 Å². The third kappa shape index (κ3) is 5.67. The van der Waals surface area contributed by atoms with Gasteiger partial charge in [-0.1, -0.05) is 60.7 Å². The van der Waals surface area contributed by atoms with E-state index in [4.69, 9.17) is 11.6 Å². The highest BCUT2D eigenvalue weighted by atomic mass is 35.5. The van der Waals surface area contributed by atoms with Crippen LogP contribution in [0.15, 0.2) is 28.6 Å². The molecule has 0 spiro atoms.